The van der Waals surface area contributed by atoms with Crippen molar-refractivity contribution in [1.82, 2.24) is 5.32 Å². The highest BCUT2D eigenvalue weighted by molar-refractivity contribution is 5.85. The molecule has 1 aromatic carbocycles. The zero-order valence-corrected chi connectivity index (χ0v) is 10.9. The van der Waals surface area contributed by atoms with Crippen molar-refractivity contribution in [2.24, 2.45) is 0 Å². The van der Waals surface area contributed by atoms with Crippen LogP contribution in [0.1, 0.15) is 11.6 Å². The van der Waals surface area contributed by atoms with Crippen LogP contribution < -0.4 is 14.8 Å². The topological polar surface area (TPSA) is 39.7 Å². The predicted molar refractivity (Wildman–Crippen MR) is 68.4 cm³/mol. The highest BCUT2D eigenvalue weighted by Crippen LogP contribution is 2.35. The van der Waals surface area contributed by atoms with E-state index in [1.807, 2.05) is 18.2 Å². The molecule has 5 heteroatoms. The molecule has 0 bridgehead atoms. The van der Waals surface area contributed by atoms with Gasteiger partial charge in [0.1, 0.15) is 0 Å². The molecule has 1 aliphatic rings. The van der Waals surface area contributed by atoms with Crippen LogP contribution in [0.4, 0.5) is 0 Å². The van der Waals surface area contributed by atoms with Gasteiger partial charge in [0, 0.05) is 12.1 Å². The van der Waals surface area contributed by atoms with Crippen molar-refractivity contribution in [3.05, 3.63) is 23.8 Å². The average Bonchev–Trinajstić information content (AvgIpc) is 2.38. The summed E-state index contributed by atoms with van der Waals surface area (Å²) in [4.78, 5) is 0. The van der Waals surface area contributed by atoms with Gasteiger partial charge in [-0.05, 0) is 6.07 Å². The second kappa shape index (κ2) is 6.69. The molecule has 1 saturated heterocycles. The maximum absolute atomic E-state index is 5.45. The van der Waals surface area contributed by atoms with Crippen molar-refractivity contribution in [2.45, 2.75) is 6.04 Å². The molecule has 96 valence electrons. The molecule has 1 heterocycles. The number of para-hydroxylation sites is 1. The fourth-order valence-corrected chi connectivity index (χ4v) is 1.95. The van der Waals surface area contributed by atoms with E-state index in [-0.39, 0.29) is 18.4 Å². The van der Waals surface area contributed by atoms with Crippen LogP contribution in [-0.2, 0) is 4.74 Å². The number of nitrogens with one attached hydrogen (secondary N) is 1. The lowest BCUT2D eigenvalue weighted by molar-refractivity contribution is 0.0759. The molecule has 2 rings (SSSR count). The molecule has 4 nitrogen and oxygen atoms in total. The van der Waals surface area contributed by atoms with Gasteiger partial charge in [0.25, 0.3) is 0 Å². The molecule has 0 aliphatic carbocycles. The van der Waals surface area contributed by atoms with Gasteiger partial charge in [-0.2, -0.15) is 0 Å². The van der Waals surface area contributed by atoms with Crippen LogP contribution >= 0.6 is 12.4 Å². The zero-order valence-electron chi connectivity index (χ0n) is 10.1. The summed E-state index contributed by atoms with van der Waals surface area (Å²) in [7, 11) is 3.30. The number of hydrogen-bond donors (Lipinski definition) is 1. The van der Waals surface area contributed by atoms with Crippen molar-refractivity contribution in [3.63, 3.8) is 0 Å². The van der Waals surface area contributed by atoms with E-state index in [0.29, 0.717) is 6.61 Å². The molecule has 1 atom stereocenters. The lowest BCUT2D eigenvalue weighted by Gasteiger charge is -2.26. The van der Waals surface area contributed by atoms with Crippen LogP contribution in [0.15, 0.2) is 18.2 Å². The first-order valence-electron chi connectivity index (χ1n) is 5.39. The standard InChI is InChI=1S/C12H17NO3.ClH/c1-14-11-5-3-4-9(12(11)15-2)10-8-16-7-6-13-10;/h3-5,10,13H,6-8H2,1-2H3;1H/t10-;/m1./s1. The summed E-state index contributed by atoms with van der Waals surface area (Å²) in [6, 6.07) is 6.07. The Balaban J connectivity index is 0.00000144. The van der Waals surface area contributed by atoms with Crippen LogP contribution in [0.25, 0.3) is 0 Å². The maximum Gasteiger partial charge on any atom is 0.165 e. The Hall–Kier alpha value is -0.970. The van der Waals surface area contributed by atoms with E-state index in [2.05, 4.69) is 5.32 Å². The van der Waals surface area contributed by atoms with E-state index < -0.39 is 0 Å². The third-order valence-electron chi connectivity index (χ3n) is 2.73. The summed E-state index contributed by atoms with van der Waals surface area (Å²) in [6.07, 6.45) is 0. The number of morpholine rings is 1. The largest absolute Gasteiger partial charge is 0.493 e. The van der Waals surface area contributed by atoms with E-state index in [1.165, 1.54) is 0 Å². The Bertz CT molecular complexity index is 354. The van der Waals surface area contributed by atoms with Gasteiger partial charge in [-0.15, -0.1) is 12.4 Å². The van der Waals surface area contributed by atoms with Gasteiger partial charge in [0.05, 0.1) is 33.5 Å². The quantitative estimate of drug-likeness (QED) is 0.898. The third kappa shape index (κ3) is 3.03. The first kappa shape index (κ1) is 14.1. The molecule has 0 aromatic heterocycles. The van der Waals surface area contributed by atoms with Gasteiger partial charge in [0.15, 0.2) is 11.5 Å². The number of rotatable bonds is 3. The highest BCUT2D eigenvalue weighted by atomic mass is 35.5. The smallest absolute Gasteiger partial charge is 0.165 e. The zero-order chi connectivity index (χ0) is 11.4. The summed E-state index contributed by atoms with van der Waals surface area (Å²) >= 11 is 0. The molecule has 1 fully saturated rings. The number of ether oxygens (including phenoxy) is 3. The van der Waals surface area contributed by atoms with Crippen LogP contribution in [0.5, 0.6) is 11.5 Å². The van der Waals surface area contributed by atoms with E-state index in [0.717, 1.165) is 30.2 Å². The van der Waals surface area contributed by atoms with Crippen molar-refractivity contribution in [3.8, 4) is 11.5 Å². The van der Waals surface area contributed by atoms with Crippen molar-refractivity contribution in [1.29, 1.82) is 0 Å². The van der Waals surface area contributed by atoms with Crippen LogP contribution in [0, 0.1) is 0 Å². The molecule has 0 radical (unpaired) electrons. The molecule has 1 aliphatic heterocycles. The minimum absolute atomic E-state index is 0. The minimum atomic E-state index is 0. The highest BCUT2D eigenvalue weighted by Gasteiger charge is 2.20. The molecule has 0 unspecified atom stereocenters. The van der Waals surface area contributed by atoms with Crippen molar-refractivity contribution < 1.29 is 14.2 Å². The van der Waals surface area contributed by atoms with E-state index in [9.17, 15) is 0 Å². The van der Waals surface area contributed by atoms with Gasteiger partial charge in [-0.1, -0.05) is 12.1 Å². The van der Waals surface area contributed by atoms with Crippen LogP contribution in [-0.4, -0.2) is 34.0 Å². The molecule has 1 N–H and O–H groups in total. The summed E-state index contributed by atoms with van der Waals surface area (Å²) in [6.45, 7) is 2.30. The maximum atomic E-state index is 5.45. The van der Waals surface area contributed by atoms with Crippen molar-refractivity contribution >= 4 is 12.4 Å². The Labute approximate surface area is 108 Å². The lowest BCUT2D eigenvalue weighted by Crippen LogP contribution is -2.34. The Morgan fingerprint density at radius 1 is 1.29 bits per heavy atom. The summed E-state index contributed by atoms with van der Waals surface area (Å²) in [5, 5.41) is 3.40. The molecular weight excluding hydrogens is 242 g/mol. The second-order valence-electron chi connectivity index (χ2n) is 3.66. The summed E-state index contributed by atoms with van der Waals surface area (Å²) < 4.78 is 16.1. The summed E-state index contributed by atoms with van der Waals surface area (Å²) in [5.74, 6) is 1.54. The second-order valence-corrected chi connectivity index (χ2v) is 3.66. The Morgan fingerprint density at radius 3 is 2.71 bits per heavy atom. The lowest BCUT2D eigenvalue weighted by atomic mass is 10.0. The van der Waals surface area contributed by atoms with Gasteiger partial charge >= 0.3 is 0 Å². The van der Waals surface area contributed by atoms with Crippen molar-refractivity contribution in [2.75, 3.05) is 34.0 Å². The molecule has 1 aromatic rings. The first-order valence-corrected chi connectivity index (χ1v) is 5.39. The van der Waals surface area contributed by atoms with Gasteiger partial charge in [-0.25, -0.2) is 0 Å². The Morgan fingerprint density at radius 2 is 2.12 bits per heavy atom. The van der Waals surface area contributed by atoms with Crippen LogP contribution in [0.3, 0.4) is 0 Å². The first-order chi connectivity index (χ1) is 7.86. The minimum Gasteiger partial charge on any atom is -0.493 e. The van der Waals surface area contributed by atoms with Gasteiger partial charge < -0.3 is 19.5 Å². The predicted octanol–water partition coefficient (Wildman–Crippen LogP) is 1.79. The number of methoxy groups -OCH3 is 2. The van der Waals surface area contributed by atoms with Crippen LogP contribution in [0.2, 0.25) is 0 Å². The van der Waals surface area contributed by atoms with E-state index in [4.69, 9.17) is 14.2 Å². The number of hydrogen-bond acceptors (Lipinski definition) is 4. The fraction of sp³-hybridized carbons (Fsp3) is 0.500. The average molecular weight is 260 g/mol. The normalized spacial score (nSPS) is 19.3. The van der Waals surface area contributed by atoms with Gasteiger partial charge in [0.2, 0.25) is 0 Å². The number of benzene rings is 1. The molecule has 0 amide bonds. The molecule has 0 saturated carbocycles. The van der Waals surface area contributed by atoms with Gasteiger partial charge in [-0.3, -0.25) is 0 Å². The monoisotopic (exact) mass is 259 g/mol. The molecule has 17 heavy (non-hydrogen) atoms. The third-order valence-corrected chi connectivity index (χ3v) is 2.73. The molecule has 0 spiro atoms. The Kier molecular flexibility index (Phi) is 5.55. The SMILES string of the molecule is COc1cccc([C@H]2COCCN2)c1OC.Cl. The van der Waals surface area contributed by atoms with E-state index >= 15 is 0 Å². The molecular formula is C12H18ClNO3. The fourth-order valence-electron chi connectivity index (χ4n) is 1.95. The van der Waals surface area contributed by atoms with E-state index in [1.54, 1.807) is 14.2 Å². The summed E-state index contributed by atoms with van der Waals surface area (Å²) in [5.41, 5.74) is 1.08. The number of halogens is 1.